The summed E-state index contributed by atoms with van der Waals surface area (Å²) in [5, 5.41) is 0. The molecule has 0 aliphatic rings. The van der Waals surface area contributed by atoms with Crippen LogP contribution in [0.5, 0.6) is 0 Å². The number of hydrogen-bond donors (Lipinski definition) is 2. The van der Waals surface area contributed by atoms with Gasteiger partial charge in [-0.05, 0) is 5.92 Å². The zero-order valence-electron chi connectivity index (χ0n) is 5.63. The lowest BCUT2D eigenvalue weighted by atomic mass is 10.1. The monoisotopic (exact) mass is 150 g/mol. The van der Waals surface area contributed by atoms with Crippen LogP contribution in [0, 0.1) is 5.92 Å². The van der Waals surface area contributed by atoms with Crippen molar-refractivity contribution < 1.29 is 8.42 Å². The molecule has 0 aromatic heterocycles. The van der Waals surface area contributed by atoms with Crippen LogP contribution in [0.25, 0.3) is 0 Å². The highest BCUT2D eigenvalue weighted by Gasteiger charge is 2.07. The minimum atomic E-state index is -2.32. The lowest BCUT2D eigenvalue weighted by Crippen LogP contribution is -2.29. The molecule has 0 spiro atoms. The summed E-state index contributed by atoms with van der Waals surface area (Å²) in [6.45, 7) is 3.65. The summed E-state index contributed by atoms with van der Waals surface area (Å²) in [7, 11) is -2.32. The van der Waals surface area contributed by atoms with Crippen LogP contribution in [0.4, 0.5) is 0 Å². The van der Waals surface area contributed by atoms with Gasteiger partial charge in [0.1, 0.15) is 10.7 Å². The van der Waals surface area contributed by atoms with Gasteiger partial charge in [0.2, 0.25) is 0 Å². The van der Waals surface area contributed by atoms with Gasteiger partial charge in [-0.2, -0.15) is 0 Å². The van der Waals surface area contributed by atoms with E-state index in [9.17, 15) is 8.42 Å². The van der Waals surface area contributed by atoms with Gasteiger partial charge in [0.15, 0.2) is 0 Å². The highest BCUT2D eigenvalue weighted by Crippen LogP contribution is 1.99. The average molecular weight is 150 g/mol. The first-order valence-corrected chi connectivity index (χ1v) is 4.07. The molecule has 2 N–H and O–H groups in total. The summed E-state index contributed by atoms with van der Waals surface area (Å²) in [5.41, 5.74) is 5.40. The van der Waals surface area contributed by atoms with Crippen molar-refractivity contribution in [3.8, 4) is 0 Å². The molecule has 1 unspecified atom stereocenters. The first-order chi connectivity index (χ1) is 4.04. The number of hydrogen-bond acceptors (Lipinski definition) is 3. The highest BCUT2D eigenvalue weighted by atomic mass is 32.2. The normalized spacial score (nSPS) is 14.8. The van der Waals surface area contributed by atoms with Crippen LogP contribution in [-0.4, -0.2) is 20.2 Å². The van der Waals surface area contributed by atoms with Gasteiger partial charge in [0, 0.05) is 6.04 Å². The van der Waals surface area contributed by atoms with Crippen LogP contribution in [0.1, 0.15) is 13.8 Å². The second kappa shape index (κ2) is 3.85. The van der Waals surface area contributed by atoms with E-state index in [0.29, 0.717) is 0 Å². The minimum absolute atomic E-state index is 0.0671. The number of nitrogens with two attached hydrogens (primary N) is 1. The van der Waals surface area contributed by atoms with Crippen molar-refractivity contribution in [1.82, 2.24) is 0 Å². The lowest BCUT2D eigenvalue weighted by Gasteiger charge is -2.09. The van der Waals surface area contributed by atoms with Gasteiger partial charge in [0.05, 0.1) is 5.75 Å². The fourth-order valence-electron chi connectivity index (χ4n) is 0.343. The summed E-state index contributed by atoms with van der Waals surface area (Å²) in [4.78, 5) is 0. The Hall–Kier alpha value is -0.0900. The summed E-state index contributed by atoms with van der Waals surface area (Å²) < 4.78 is 20.1. The molecule has 0 aliphatic heterocycles. The first-order valence-electron chi connectivity index (χ1n) is 2.71. The Morgan fingerprint density at radius 2 is 2.00 bits per heavy atom. The summed E-state index contributed by atoms with van der Waals surface area (Å²) in [6.07, 6.45) is 0. The van der Waals surface area contributed by atoms with Crippen molar-refractivity contribution in [2.45, 2.75) is 19.9 Å². The Morgan fingerprint density at radius 1 is 1.56 bits per heavy atom. The predicted molar refractivity (Wildman–Crippen MR) is 37.7 cm³/mol. The van der Waals surface area contributed by atoms with E-state index in [1.807, 2.05) is 13.8 Å². The summed E-state index contributed by atoms with van der Waals surface area (Å²) in [6, 6.07) is -0.286. The van der Waals surface area contributed by atoms with Crippen molar-refractivity contribution >= 4 is 10.7 Å². The lowest BCUT2D eigenvalue weighted by molar-refractivity contribution is 0.606. The smallest absolute Gasteiger partial charge is 0.141 e. The van der Waals surface area contributed by atoms with Gasteiger partial charge in [-0.3, -0.25) is 0 Å². The van der Waals surface area contributed by atoms with Crippen molar-refractivity contribution in [2.75, 3.05) is 5.75 Å². The van der Waals surface area contributed by atoms with Gasteiger partial charge < -0.3 is 5.73 Å². The maximum absolute atomic E-state index is 10.1. The van der Waals surface area contributed by atoms with Gasteiger partial charge in [-0.15, -0.1) is 0 Å². The fourth-order valence-corrected chi connectivity index (χ4v) is 1.03. The summed E-state index contributed by atoms with van der Waals surface area (Å²) >= 11 is 0. The molecule has 0 aromatic carbocycles. The standard InChI is InChI=1S/C5H12NO2S/c1-4(2)5(6)3-9(7)8/h5,9H,3,6H2,1-2H3. The van der Waals surface area contributed by atoms with E-state index in [4.69, 9.17) is 5.73 Å². The molecule has 1 radical (unpaired) electrons. The van der Waals surface area contributed by atoms with E-state index in [1.54, 1.807) is 0 Å². The number of rotatable bonds is 3. The van der Waals surface area contributed by atoms with E-state index in [-0.39, 0.29) is 11.8 Å². The van der Waals surface area contributed by atoms with Crippen LogP contribution in [0.2, 0.25) is 0 Å². The Labute approximate surface area is 57.2 Å². The van der Waals surface area contributed by atoms with Crippen molar-refractivity contribution in [3.05, 3.63) is 5.92 Å². The first kappa shape index (κ1) is 8.91. The molecular weight excluding hydrogens is 138 g/mol. The molecular formula is C5H12NO2S. The van der Waals surface area contributed by atoms with E-state index < -0.39 is 10.7 Å². The maximum atomic E-state index is 10.1. The molecule has 0 saturated carbocycles. The molecule has 0 saturated heterocycles. The van der Waals surface area contributed by atoms with Gasteiger partial charge in [-0.1, -0.05) is 13.8 Å². The molecule has 55 valence electrons. The number of thiol groups is 1. The summed E-state index contributed by atoms with van der Waals surface area (Å²) in [5.74, 6) is 1.02. The molecule has 0 bridgehead atoms. The van der Waals surface area contributed by atoms with Crippen LogP contribution >= 0.6 is 0 Å². The van der Waals surface area contributed by atoms with Crippen LogP contribution in [-0.2, 0) is 10.7 Å². The molecule has 3 nitrogen and oxygen atoms in total. The quantitative estimate of drug-likeness (QED) is 0.535. The van der Waals surface area contributed by atoms with Gasteiger partial charge in [0.25, 0.3) is 0 Å². The Kier molecular flexibility index (Phi) is 3.81. The molecule has 0 fully saturated rings. The van der Waals surface area contributed by atoms with Crippen LogP contribution < -0.4 is 5.73 Å². The Bertz CT molecular complexity index is 134. The molecule has 0 rings (SSSR count). The Morgan fingerprint density at radius 3 is 2.11 bits per heavy atom. The molecule has 9 heavy (non-hydrogen) atoms. The minimum Gasteiger partial charge on any atom is -0.326 e. The molecule has 0 amide bonds. The maximum Gasteiger partial charge on any atom is 0.141 e. The SMILES string of the molecule is C[C](C)C(N)C[SH](=O)=O. The Balaban J connectivity index is 3.63. The van der Waals surface area contributed by atoms with Crippen molar-refractivity contribution in [1.29, 1.82) is 0 Å². The molecule has 0 aliphatic carbocycles. The van der Waals surface area contributed by atoms with Crippen molar-refractivity contribution in [2.24, 2.45) is 5.73 Å². The third-order valence-electron chi connectivity index (χ3n) is 1.09. The third-order valence-corrected chi connectivity index (χ3v) is 1.78. The van der Waals surface area contributed by atoms with E-state index in [0.717, 1.165) is 5.92 Å². The van der Waals surface area contributed by atoms with Gasteiger partial charge in [-0.25, -0.2) is 8.42 Å². The predicted octanol–water partition coefficient (Wildman–Crippen LogP) is -0.461. The third kappa shape index (κ3) is 4.42. The zero-order valence-corrected chi connectivity index (χ0v) is 6.52. The second-order valence-corrected chi connectivity index (χ2v) is 3.23. The molecule has 1 atom stereocenters. The van der Waals surface area contributed by atoms with Gasteiger partial charge >= 0.3 is 0 Å². The second-order valence-electron chi connectivity index (χ2n) is 2.20. The molecule has 0 heterocycles. The van der Waals surface area contributed by atoms with E-state index in [2.05, 4.69) is 0 Å². The van der Waals surface area contributed by atoms with E-state index >= 15 is 0 Å². The largest absolute Gasteiger partial charge is 0.326 e. The highest BCUT2D eigenvalue weighted by molar-refractivity contribution is 7.72. The fraction of sp³-hybridized carbons (Fsp3) is 0.800. The van der Waals surface area contributed by atoms with E-state index in [1.165, 1.54) is 0 Å². The van der Waals surface area contributed by atoms with Crippen molar-refractivity contribution in [3.63, 3.8) is 0 Å². The average Bonchev–Trinajstić information content (AvgIpc) is 1.63. The topological polar surface area (TPSA) is 60.2 Å². The zero-order chi connectivity index (χ0) is 7.44. The van der Waals surface area contributed by atoms with Crippen LogP contribution in [0.15, 0.2) is 0 Å². The van der Waals surface area contributed by atoms with Crippen LogP contribution in [0.3, 0.4) is 0 Å². The molecule has 4 heteroatoms. The molecule has 0 aromatic rings.